The highest BCUT2D eigenvalue weighted by Crippen LogP contribution is 2.36. The Morgan fingerprint density at radius 3 is 1.66 bits per heavy atom. The van der Waals surface area contributed by atoms with Crippen LogP contribution in [0, 0.1) is 27.7 Å². The van der Waals surface area contributed by atoms with Crippen LogP contribution in [0.3, 0.4) is 0 Å². The molecule has 5 aromatic rings. The summed E-state index contributed by atoms with van der Waals surface area (Å²) in [4.78, 5) is 37.5. The van der Waals surface area contributed by atoms with Crippen molar-refractivity contribution >= 4 is 35.1 Å². The fourth-order valence-corrected chi connectivity index (χ4v) is 7.43. The molecule has 2 aliphatic heterocycles. The molecule has 3 heterocycles. The van der Waals surface area contributed by atoms with E-state index >= 15 is 0 Å². The molecule has 0 saturated carbocycles. The summed E-state index contributed by atoms with van der Waals surface area (Å²) in [7, 11) is 0. The zero-order chi connectivity index (χ0) is 40.5. The lowest BCUT2D eigenvalue weighted by Gasteiger charge is -2.19. The molecule has 10 nitrogen and oxygen atoms in total. The van der Waals surface area contributed by atoms with Crippen molar-refractivity contribution in [2.45, 2.75) is 73.4 Å². The number of aromatic hydroxyl groups is 1. The van der Waals surface area contributed by atoms with Gasteiger partial charge in [0.2, 0.25) is 5.88 Å². The molecular formula is C44H50Cl2N4O6. The molecule has 296 valence electrons. The predicted octanol–water partition coefficient (Wildman–Crippen LogP) is 8.68. The molecule has 1 saturated heterocycles. The van der Waals surface area contributed by atoms with Crippen LogP contribution < -0.4 is 16.4 Å². The summed E-state index contributed by atoms with van der Waals surface area (Å²) in [5, 5.41) is 11.9. The fraction of sp³-hybridized carbons (Fsp3) is 0.341. The number of nitrogens with one attached hydrogen (secondary N) is 2. The van der Waals surface area contributed by atoms with Gasteiger partial charge in [-0.05, 0) is 134 Å². The highest BCUT2D eigenvalue weighted by Gasteiger charge is 2.33. The first-order valence-corrected chi connectivity index (χ1v) is 19.7. The second-order valence-corrected chi connectivity index (χ2v) is 14.6. The Balaban J connectivity index is 0.000000190. The third-order valence-corrected chi connectivity index (χ3v) is 10.2. The smallest absolute Gasteiger partial charge is 0.324 e. The third-order valence-electron chi connectivity index (χ3n) is 9.76. The molecular weight excluding hydrogens is 751 g/mol. The van der Waals surface area contributed by atoms with E-state index in [1.165, 1.54) is 6.42 Å². The third kappa shape index (κ3) is 9.73. The Bertz CT molecular complexity index is 2230. The number of halogens is 2. The van der Waals surface area contributed by atoms with E-state index in [0.717, 1.165) is 69.6 Å². The van der Waals surface area contributed by atoms with E-state index in [-0.39, 0.29) is 24.7 Å². The van der Waals surface area contributed by atoms with Crippen LogP contribution >= 0.6 is 23.2 Å². The van der Waals surface area contributed by atoms with Gasteiger partial charge in [-0.25, -0.2) is 4.68 Å². The van der Waals surface area contributed by atoms with Gasteiger partial charge in [-0.15, -0.1) is 0 Å². The zero-order valence-corrected chi connectivity index (χ0v) is 34.3. The van der Waals surface area contributed by atoms with Gasteiger partial charge >= 0.3 is 11.9 Å². The van der Waals surface area contributed by atoms with Crippen molar-refractivity contribution in [2.24, 2.45) is 0 Å². The normalized spacial score (nSPS) is 13.0. The molecule has 7 rings (SSSR count). The molecule has 4 aromatic carbocycles. The minimum Gasteiger partial charge on any atom is -0.493 e. The molecule has 0 atom stereocenters. The lowest BCUT2D eigenvalue weighted by molar-refractivity contribution is -0.157. The van der Waals surface area contributed by atoms with Crippen LogP contribution in [-0.4, -0.2) is 52.7 Å². The summed E-state index contributed by atoms with van der Waals surface area (Å²) >= 11 is 12.2. The van der Waals surface area contributed by atoms with Crippen LogP contribution in [0.2, 0.25) is 10.0 Å². The first kappa shape index (κ1) is 42.3. The van der Waals surface area contributed by atoms with E-state index < -0.39 is 17.9 Å². The van der Waals surface area contributed by atoms with Crippen LogP contribution in [0.4, 0.5) is 0 Å². The van der Waals surface area contributed by atoms with E-state index in [4.69, 9.17) is 32.7 Å². The molecule has 3 N–H and O–H groups in total. The van der Waals surface area contributed by atoms with Gasteiger partial charge in [0.25, 0.3) is 5.56 Å². The summed E-state index contributed by atoms with van der Waals surface area (Å²) in [5.74, 6) is -2.20. The second kappa shape index (κ2) is 19.3. The Labute approximate surface area is 338 Å². The summed E-state index contributed by atoms with van der Waals surface area (Å²) in [6.45, 7) is 15.2. The van der Waals surface area contributed by atoms with Crippen molar-refractivity contribution in [2.75, 3.05) is 26.3 Å². The summed E-state index contributed by atoms with van der Waals surface area (Å²) < 4.78 is 13.5. The Morgan fingerprint density at radius 1 is 0.696 bits per heavy atom. The molecule has 0 spiro atoms. The van der Waals surface area contributed by atoms with E-state index in [9.17, 15) is 19.5 Å². The van der Waals surface area contributed by atoms with Gasteiger partial charge in [0.05, 0.1) is 13.2 Å². The van der Waals surface area contributed by atoms with Gasteiger partial charge in [-0.3, -0.25) is 29.9 Å². The number of aryl methyl sites for hydroxylation is 4. The van der Waals surface area contributed by atoms with Gasteiger partial charge in [0.1, 0.15) is 5.56 Å². The van der Waals surface area contributed by atoms with Crippen molar-refractivity contribution in [3.8, 4) is 39.3 Å². The number of carbonyl (C=O) groups excluding carboxylic acids is 2. The summed E-state index contributed by atoms with van der Waals surface area (Å²) in [6.07, 6.45) is 2.16. The maximum atomic E-state index is 12.7. The van der Waals surface area contributed by atoms with E-state index in [0.29, 0.717) is 34.3 Å². The molecule has 56 heavy (non-hydrogen) atoms. The highest BCUT2D eigenvalue weighted by atomic mass is 35.5. The number of carbonyl (C=O) groups is 2. The second-order valence-electron chi connectivity index (χ2n) is 13.8. The van der Waals surface area contributed by atoms with E-state index in [1.54, 1.807) is 23.2 Å². The molecule has 1 aromatic heterocycles. The summed E-state index contributed by atoms with van der Waals surface area (Å²) in [5.41, 5.74) is 15.5. The van der Waals surface area contributed by atoms with Crippen LogP contribution in [0.1, 0.15) is 60.4 Å². The number of nitrogens with zero attached hydrogens (tertiary/aromatic N) is 2. The number of aromatic nitrogens is 2. The number of ether oxygens (including phenoxy) is 2. The SMILES string of the molecule is C1CNNC1.CCOC(=O)C(C(=O)OCC)c1cc(C)c(-c2cccc(Cl)c2)cc1C.Cc1cc(-c2c(O)n3n(c2=O)CCC3)c(C)cc1-c1cccc(Cl)c1. The van der Waals surface area contributed by atoms with Gasteiger partial charge in [0.15, 0.2) is 5.92 Å². The zero-order valence-electron chi connectivity index (χ0n) is 32.8. The van der Waals surface area contributed by atoms with Gasteiger partial charge < -0.3 is 14.6 Å². The van der Waals surface area contributed by atoms with Crippen molar-refractivity contribution < 1.29 is 24.2 Å². The fourth-order valence-electron chi connectivity index (χ4n) is 7.04. The highest BCUT2D eigenvalue weighted by molar-refractivity contribution is 6.31. The van der Waals surface area contributed by atoms with Gasteiger partial charge in [0, 0.05) is 36.2 Å². The molecule has 0 aliphatic carbocycles. The molecule has 0 amide bonds. The lowest BCUT2D eigenvalue weighted by atomic mass is 9.89. The van der Waals surface area contributed by atoms with E-state index in [2.05, 4.69) is 16.9 Å². The monoisotopic (exact) mass is 800 g/mol. The predicted molar refractivity (Wildman–Crippen MR) is 223 cm³/mol. The number of hydrogen-bond acceptors (Lipinski definition) is 8. The number of benzene rings is 4. The number of hydrogen-bond donors (Lipinski definition) is 3. The topological polar surface area (TPSA) is 124 Å². The van der Waals surface area contributed by atoms with Crippen LogP contribution in [-0.2, 0) is 32.2 Å². The molecule has 12 heteroatoms. The Morgan fingerprint density at radius 2 is 1.18 bits per heavy atom. The Hall–Kier alpha value is -4.87. The van der Waals surface area contributed by atoms with Crippen molar-refractivity contribution in [1.29, 1.82) is 0 Å². The first-order valence-electron chi connectivity index (χ1n) is 18.9. The number of hydrazine groups is 1. The average Bonchev–Trinajstić information content (AvgIpc) is 3.95. The minimum atomic E-state index is -1.08. The van der Waals surface area contributed by atoms with Crippen molar-refractivity contribution in [3.05, 3.63) is 121 Å². The quantitative estimate of drug-likeness (QED) is 0.105. The maximum absolute atomic E-state index is 12.7. The Kier molecular flexibility index (Phi) is 14.6. The maximum Gasteiger partial charge on any atom is 0.324 e. The van der Waals surface area contributed by atoms with Crippen LogP contribution in [0.15, 0.2) is 77.6 Å². The molecule has 0 bridgehead atoms. The summed E-state index contributed by atoms with van der Waals surface area (Å²) in [6, 6.07) is 23.2. The first-order chi connectivity index (χ1) is 26.9. The molecule has 2 aliphatic rings. The molecule has 1 fully saturated rings. The van der Waals surface area contributed by atoms with Gasteiger partial charge in [-0.1, -0.05) is 71.7 Å². The standard InChI is InChI=1S/C21H23ClO4.C20H19ClN2O2.C3H8N2/c1-5-25-20(23)19(21(24)26-6-2)18-11-13(3)17(10-14(18)4)15-8-7-9-16(22)12-15;1-12-10-17(18-19(24)22-7-4-8-23(22)20(18)25)13(2)9-16(12)14-5-3-6-15(21)11-14;1-2-4-5-3-1/h7-12,19H,5-6H2,1-4H3;3,5-6,9-11,24H,4,7-8H2,1-2H3;4-5H,1-3H2. The number of esters is 2. The van der Waals surface area contributed by atoms with Crippen molar-refractivity contribution in [3.63, 3.8) is 0 Å². The van der Waals surface area contributed by atoms with E-state index in [1.807, 2.05) is 94.4 Å². The number of rotatable bonds is 8. The largest absolute Gasteiger partial charge is 0.493 e. The van der Waals surface area contributed by atoms with Crippen molar-refractivity contribution in [1.82, 2.24) is 20.2 Å². The van der Waals surface area contributed by atoms with Gasteiger partial charge in [-0.2, -0.15) is 0 Å². The van der Waals surface area contributed by atoms with Crippen LogP contribution in [0.5, 0.6) is 5.88 Å². The molecule has 0 radical (unpaired) electrons. The average molecular weight is 802 g/mol. The lowest BCUT2D eigenvalue weighted by Crippen LogP contribution is -2.27. The minimum absolute atomic E-state index is 0.0699. The molecule has 0 unspecified atom stereocenters. The van der Waals surface area contributed by atoms with Crippen LogP contribution in [0.25, 0.3) is 33.4 Å². The number of fused-ring (bicyclic) bond motifs is 1.